The van der Waals surface area contributed by atoms with Gasteiger partial charge in [-0.25, -0.2) is 4.79 Å². The van der Waals surface area contributed by atoms with Gasteiger partial charge in [-0.05, 0) is 22.3 Å². The lowest BCUT2D eigenvalue weighted by Gasteiger charge is -2.44. The van der Waals surface area contributed by atoms with Crippen LogP contribution in [0.2, 0.25) is 5.04 Å². The third kappa shape index (κ3) is 3.80. The van der Waals surface area contributed by atoms with Crippen LogP contribution in [0.15, 0.2) is 76.4 Å². The summed E-state index contributed by atoms with van der Waals surface area (Å²) in [5.41, 5.74) is -0.383. The Balaban J connectivity index is 2.11. The molecule has 2 aromatic carbocycles. The number of hydrogen-bond donors (Lipinski definition) is 2. The van der Waals surface area contributed by atoms with Crippen LogP contribution >= 0.6 is 0 Å². The van der Waals surface area contributed by atoms with Crippen LogP contribution in [0.25, 0.3) is 0 Å². The Hall–Kier alpha value is -2.78. The third-order valence-corrected chi connectivity index (χ3v) is 12.4. The van der Waals surface area contributed by atoms with E-state index in [2.05, 4.69) is 20.8 Å². The van der Waals surface area contributed by atoms with Gasteiger partial charge in [0, 0.05) is 18.2 Å². The molecule has 8 heteroatoms. The molecular weight excluding hydrogens is 448 g/mol. The maximum Gasteiger partial charge on any atom is 0.325 e. The highest BCUT2D eigenvalue weighted by Gasteiger charge is 2.52. The molecule has 1 aliphatic heterocycles. The van der Waals surface area contributed by atoms with Crippen molar-refractivity contribution in [1.82, 2.24) is 8.80 Å². The first-order valence-electron chi connectivity index (χ1n) is 11.5. The van der Waals surface area contributed by atoms with Crippen molar-refractivity contribution in [1.29, 1.82) is 0 Å². The van der Waals surface area contributed by atoms with Gasteiger partial charge in [0.05, 0.1) is 12.7 Å². The van der Waals surface area contributed by atoms with Gasteiger partial charge in [-0.3, -0.25) is 13.6 Å². The molecule has 0 spiro atoms. The van der Waals surface area contributed by atoms with Crippen molar-refractivity contribution >= 4 is 18.6 Å². The molecule has 4 rings (SSSR count). The maximum atomic E-state index is 14.2. The average molecular weight is 481 g/mol. The topological polar surface area (TPSA) is 93.7 Å². The number of hydrogen-bond acceptors (Lipinski definition) is 5. The Labute approximate surface area is 200 Å². The van der Waals surface area contributed by atoms with Crippen LogP contribution in [0.3, 0.4) is 0 Å². The van der Waals surface area contributed by atoms with E-state index in [-0.39, 0.29) is 18.6 Å². The van der Waals surface area contributed by atoms with Crippen molar-refractivity contribution in [2.75, 3.05) is 6.61 Å². The average Bonchev–Trinajstić information content (AvgIpc) is 3.19. The molecule has 2 N–H and O–H groups in total. The molecular formula is C26H32N2O5Si. The number of ether oxygens (including phenoxy) is 1. The number of aromatic nitrogens is 2. The van der Waals surface area contributed by atoms with Gasteiger partial charge in [0.25, 0.3) is 5.56 Å². The molecule has 1 saturated heterocycles. The lowest BCUT2D eigenvalue weighted by atomic mass is 10.2. The standard InChI is InChI=1S/C26H32N2O5Si/c1-18-16-27(23-15-21(30)22(17-29)33-23)25(32)28(24(18)31)34(26(2,3)4,19-11-7-5-8-12-19)20-13-9-6-10-14-20/h5-14,16,21-23,29-30H,15,17H2,1-4H3/t21?,22-,23-/m1/s1. The van der Waals surface area contributed by atoms with Crippen LogP contribution in [0.1, 0.15) is 39.0 Å². The van der Waals surface area contributed by atoms with E-state index in [1.807, 2.05) is 60.7 Å². The van der Waals surface area contributed by atoms with Crippen molar-refractivity contribution in [2.45, 2.75) is 57.6 Å². The summed E-state index contributed by atoms with van der Waals surface area (Å²) in [5, 5.41) is 21.3. The fraction of sp³-hybridized carbons (Fsp3) is 0.385. The highest BCUT2D eigenvalue weighted by molar-refractivity contribution is 7.03. The first-order chi connectivity index (χ1) is 16.1. The molecule has 3 aromatic rings. The van der Waals surface area contributed by atoms with Crippen LogP contribution in [0.4, 0.5) is 0 Å². The summed E-state index contributed by atoms with van der Waals surface area (Å²) in [5.74, 6) is 0. The monoisotopic (exact) mass is 480 g/mol. The van der Waals surface area contributed by atoms with E-state index in [4.69, 9.17) is 4.74 Å². The molecule has 2 heterocycles. The maximum absolute atomic E-state index is 14.2. The first-order valence-corrected chi connectivity index (χ1v) is 13.5. The van der Waals surface area contributed by atoms with E-state index < -0.39 is 37.4 Å². The van der Waals surface area contributed by atoms with Crippen molar-refractivity contribution < 1.29 is 14.9 Å². The predicted octanol–water partition coefficient (Wildman–Crippen LogP) is 1.37. The Morgan fingerprint density at radius 2 is 1.53 bits per heavy atom. The summed E-state index contributed by atoms with van der Waals surface area (Å²) in [6.45, 7) is 7.58. The van der Waals surface area contributed by atoms with Crippen LogP contribution in [-0.4, -0.2) is 46.1 Å². The first kappa shape index (κ1) is 24.3. The molecule has 3 atom stereocenters. The van der Waals surface area contributed by atoms with E-state index in [0.29, 0.717) is 5.56 Å². The molecule has 0 radical (unpaired) electrons. The van der Waals surface area contributed by atoms with E-state index in [1.165, 1.54) is 15.0 Å². The molecule has 180 valence electrons. The van der Waals surface area contributed by atoms with Crippen molar-refractivity contribution in [2.24, 2.45) is 0 Å². The van der Waals surface area contributed by atoms with Crippen LogP contribution in [0, 0.1) is 6.92 Å². The fourth-order valence-corrected chi connectivity index (χ4v) is 10.7. The smallest absolute Gasteiger partial charge is 0.325 e. The van der Waals surface area contributed by atoms with Gasteiger partial charge in [0.2, 0.25) is 8.24 Å². The summed E-state index contributed by atoms with van der Waals surface area (Å²) in [7, 11) is -3.27. The Bertz CT molecular complexity index is 1220. The van der Waals surface area contributed by atoms with Crippen LogP contribution in [-0.2, 0) is 4.74 Å². The van der Waals surface area contributed by atoms with E-state index in [0.717, 1.165) is 10.4 Å². The zero-order chi connectivity index (χ0) is 24.7. The van der Waals surface area contributed by atoms with Gasteiger partial charge in [-0.2, -0.15) is 0 Å². The molecule has 0 bridgehead atoms. The highest BCUT2D eigenvalue weighted by Crippen LogP contribution is 2.36. The molecule has 1 fully saturated rings. The van der Waals surface area contributed by atoms with E-state index in [9.17, 15) is 19.8 Å². The summed E-state index contributed by atoms with van der Waals surface area (Å²) in [6.07, 6.45) is -0.774. The van der Waals surface area contributed by atoms with Gasteiger partial charge >= 0.3 is 5.69 Å². The Morgan fingerprint density at radius 3 is 1.97 bits per heavy atom. The minimum atomic E-state index is -3.27. The van der Waals surface area contributed by atoms with Crippen molar-refractivity contribution in [3.8, 4) is 0 Å². The van der Waals surface area contributed by atoms with Gasteiger partial charge in [-0.1, -0.05) is 81.4 Å². The number of nitrogens with zero attached hydrogens (tertiary/aromatic N) is 2. The van der Waals surface area contributed by atoms with E-state index in [1.54, 1.807) is 6.92 Å². The summed E-state index contributed by atoms with van der Waals surface area (Å²) >= 11 is 0. The summed E-state index contributed by atoms with van der Waals surface area (Å²) < 4.78 is 8.71. The summed E-state index contributed by atoms with van der Waals surface area (Å²) in [4.78, 5) is 28.0. The van der Waals surface area contributed by atoms with Gasteiger partial charge in [0.15, 0.2) is 0 Å². The zero-order valence-electron chi connectivity index (χ0n) is 20.0. The second-order valence-corrected chi connectivity index (χ2v) is 14.5. The second kappa shape index (κ2) is 9.11. The lowest BCUT2D eigenvalue weighted by Crippen LogP contribution is -2.75. The number of aliphatic hydroxyl groups excluding tert-OH is 2. The molecule has 0 amide bonds. The third-order valence-electron chi connectivity index (χ3n) is 6.78. The number of aryl methyl sites for hydroxylation is 1. The predicted molar refractivity (Wildman–Crippen MR) is 134 cm³/mol. The minimum Gasteiger partial charge on any atom is -0.394 e. The van der Waals surface area contributed by atoms with E-state index >= 15 is 0 Å². The zero-order valence-corrected chi connectivity index (χ0v) is 21.0. The molecule has 1 unspecified atom stereocenters. The Morgan fingerprint density at radius 1 is 1.00 bits per heavy atom. The second-order valence-electron chi connectivity index (χ2n) is 9.95. The molecule has 34 heavy (non-hydrogen) atoms. The van der Waals surface area contributed by atoms with Crippen molar-refractivity contribution in [3.63, 3.8) is 0 Å². The van der Waals surface area contributed by atoms with Crippen LogP contribution in [0.5, 0.6) is 0 Å². The van der Waals surface area contributed by atoms with Crippen LogP contribution < -0.4 is 21.6 Å². The SMILES string of the molecule is Cc1cn([C@H]2CC(O)[C@@H](CO)O2)c(=O)n([Si](c2ccccc2)(c2ccccc2)C(C)(C)C)c1=O. The minimum absolute atomic E-state index is 0.156. The fourth-order valence-electron chi connectivity index (χ4n) is 5.24. The normalized spacial score (nSPS) is 21.1. The molecule has 0 aliphatic carbocycles. The quantitative estimate of drug-likeness (QED) is 0.538. The molecule has 1 aromatic heterocycles. The van der Waals surface area contributed by atoms with Gasteiger partial charge in [-0.15, -0.1) is 0 Å². The largest absolute Gasteiger partial charge is 0.394 e. The summed E-state index contributed by atoms with van der Waals surface area (Å²) in [6, 6.07) is 19.6. The number of rotatable bonds is 5. The molecule has 7 nitrogen and oxygen atoms in total. The van der Waals surface area contributed by atoms with Crippen molar-refractivity contribution in [3.05, 3.63) is 93.3 Å². The van der Waals surface area contributed by atoms with Gasteiger partial charge in [0.1, 0.15) is 12.3 Å². The lowest BCUT2D eigenvalue weighted by molar-refractivity contribution is -0.0461. The molecule has 1 aliphatic rings. The number of aliphatic hydroxyl groups is 2. The number of benzene rings is 2. The Kier molecular flexibility index (Phi) is 6.52. The molecule has 0 saturated carbocycles. The van der Waals surface area contributed by atoms with Gasteiger partial charge < -0.3 is 14.9 Å². The highest BCUT2D eigenvalue weighted by atomic mass is 28.3.